The van der Waals surface area contributed by atoms with E-state index in [9.17, 15) is 22.4 Å². The Morgan fingerprint density at radius 3 is 2.22 bits per heavy atom. The summed E-state index contributed by atoms with van der Waals surface area (Å²) in [5, 5.41) is 0. The molecule has 0 aliphatic carbocycles. The van der Waals surface area contributed by atoms with Gasteiger partial charge >= 0.3 is 12.3 Å². The number of hydrogen-bond donors (Lipinski definition) is 0. The van der Waals surface area contributed by atoms with Crippen LogP contribution in [0.1, 0.15) is 44.7 Å². The maximum Gasteiger partial charge on any atom is 0.416 e. The molecule has 32 heavy (non-hydrogen) atoms. The van der Waals surface area contributed by atoms with Crippen LogP contribution in [0.25, 0.3) is 0 Å². The molecule has 1 heterocycles. The number of alkyl halides is 3. The lowest BCUT2D eigenvalue weighted by molar-refractivity contribution is -0.137. The van der Waals surface area contributed by atoms with Crippen LogP contribution in [0.15, 0.2) is 48.5 Å². The maximum atomic E-state index is 13.9. The summed E-state index contributed by atoms with van der Waals surface area (Å²) in [5.41, 5.74) is 0.0612. The summed E-state index contributed by atoms with van der Waals surface area (Å²) in [5.74, 6) is -0.383. The molecule has 1 amide bonds. The standard InChI is InChI=1S/C24H28F4N2O2/c1-23(2,3)32-22(31)29-13-11-20(12-14-29)30(21-6-4-5-19(25)15-21)16-17-7-9-18(10-8-17)24(26,27)28/h4-10,15,20H,11-14,16H2,1-3H3. The van der Waals surface area contributed by atoms with Gasteiger partial charge in [-0.25, -0.2) is 9.18 Å². The normalized spacial score (nSPS) is 15.5. The van der Waals surface area contributed by atoms with Crippen molar-refractivity contribution < 1.29 is 27.1 Å². The number of piperidine rings is 1. The Balaban J connectivity index is 1.75. The molecule has 0 aromatic heterocycles. The van der Waals surface area contributed by atoms with Crippen molar-refractivity contribution in [3.8, 4) is 0 Å². The molecule has 3 rings (SSSR count). The van der Waals surface area contributed by atoms with Crippen molar-refractivity contribution in [2.75, 3.05) is 18.0 Å². The quantitative estimate of drug-likeness (QED) is 0.514. The van der Waals surface area contributed by atoms with Gasteiger partial charge in [-0.3, -0.25) is 0 Å². The van der Waals surface area contributed by atoms with Crippen LogP contribution in [-0.2, 0) is 17.5 Å². The first-order valence-electron chi connectivity index (χ1n) is 10.6. The predicted molar refractivity (Wildman–Crippen MR) is 115 cm³/mol. The summed E-state index contributed by atoms with van der Waals surface area (Å²) in [6.45, 7) is 6.74. The Labute approximate surface area is 185 Å². The number of amides is 1. The average Bonchev–Trinajstić information content (AvgIpc) is 2.70. The third kappa shape index (κ3) is 6.37. The van der Waals surface area contributed by atoms with Crippen LogP contribution in [0.2, 0.25) is 0 Å². The molecule has 1 aliphatic heterocycles. The van der Waals surface area contributed by atoms with Crippen molar-refractivity contribution in [2.45, 2.75) is 58.0 Å². The van der Waals surface area contributed by atoms with Gasteiger partial charge in [0, 0.05) is 31.4 Å². The smallest absolute Gasteiger partial charge is 0.416 e. The molecule has 0 atom stereocenters. The highest BCUT2D eigenvalue weighted by Crippen LogP contribution is 2.31. The number of likely N-dealkylation sites (tertiary alicyclic amines) is 1. The highest BCUT2D eigenvalue weighted by molar-refractivity contribution is 5.68. The Morgan fingerprint density at radius 2 is 1.69 bits per heavy atom. The van der Waals surface area contributed by atoms with Gasteiger partial charge in [0.1, 0.15) is 11.4 Å². The number of carbonyl (C=O) groups is 1. The minimum absolute atomic E-state index is 0.00206. The molecule has 0 N–H and O–H groups in total. The number of ether oxygens (including phenoxy) is 1. The van der Waals surface area contributed by atoms with Crippen LogP contribution in [0.3, 0.4) is 0 Å². The van der Waals surface area contributed by atoms with E-state index in [4.69, 9.17) is 4.74 Å². The van der Waals surface area contributed by atoms with Crippen LogP contribution < -0.4 is 4.90 Å². The molecule has 2 aromatic carbocycles. The summed E-state index contributed by atoms with van der Waals surface area (Å²) < 4.78 is 58.0. The average molecular weight is 452 g/mol. The van der Waals surface area contributed by atoms with Gasteiger partial charge < -0.3 is 14.5 Å². The van der Waals surface area contributed by atoms with E-state index < -0.39 is 17.3 Å². The third-order valence-electron chi connectivity index (χ3n) is 5.33. The van der Waals surface area contributed by atoms with Gasteiger partial charge in [0.25, 0.3) is 0 Å². The van der Waals surface area contributed by atoms with Gasteiger partial charge in [0.2, 0.25) is 0 Å². The summed E-state index contributed by atoms with van der Waals surface area (Å²) in [4.78, 5) is 16.0. The molecule has 0 spiro atoms. The fraction of sp³-hybridized carbons (Fsp3) is 0.458. The number of nitrogens with zero attached hydrogens (tertiary/aromatic N) is 2. The zero-order valence-corrected chi connectivity index (χ0v) is 18.5. The van der Waals surface area contributed by atoms with Gasteiger partial charge in [-0.15, -0.1) is 0 Å². The van der Waals surface area contributed by atoms with Gasteiger partial charge in [0.15, 0.2) is 0 Å². The van der Waals surface area contributed by atoms with Crippen molar-refractivity contribution in [1.29, 1.82) is 0 Å². The third-order valence-corrected chi connectivity index (χ3v) is 5.33. The second-order valence-corrected chi connectivity index (χ2v) is 9.00. The minimum atomic E-state index is -4.39. The van der Waals surface area contributed by atoms with Gasteiger partial charge in [0.05, 0.1) is 5.56 Å². The topological polar surface area (TPSA) is 32.8 Å². The van der Waals surface area contributed by atoms with Gasteiger partial charge in [-0.2, -0.15) is 13.2 Å². The Hall–Kier alpha value is -2.77. The highest BCUT2D eigenvalue weighted by atomic mass is 19.4. The van der Waals surface area contributed by atoms with E-state index in [1.807, 2.05) is 25.7 Å². The lowest BCUT2D eigenvalue weighted by atomic mass is 10.0. The number of benzene rings is 2. The minimum Gasteiger partial charge on any atom is -0.444 e. The second kappa shape index (κ2) is 9.38. The fourth-order valence-corrected chi connectivity index (χ4v) is 3.77. The molecule has 1 saturated heterocycles. The SMILES string of the molecule is CC(C)(C)OC(=O)N1CCC(N(Cc2ccc(C(F)(F)F)cc2)c2cccc(F)c2)CC1. The lowest BCUT2D eigenvalue weighted by Gasteiger charge is -2.40. The number of rotatable bonds is 4. The summed E-state index contributed by atoms with van der Waals surface area (Å²) in [7, 11) is 0. The Morgan fingerprint density at radius 1 is 1.06 bits per heavy atom. The Bertz CT molecular complexity index is 915. The van der Waals surface area contributed by atoms with Gasteiger partial charge in [-0.05, 0) is 69.5 Å². The molecule has 0 unspecified atom stereocenters. The molecule has 2 aromatic rings. The second-order valence-electron chi connectivity index (χ2n) is 9.00. The monoisotopic (exact) mass is 452 g/mol. The van der Waals surface area contributed by atoms with Crippen LogP contribution in [0, 0.1) is 5.82 Å². The van der Waals surface area contributed by atoms with Crippen LogP contribution in [-0.4, -0.2) is 35.7 Å². The van der Waals surface area contributed by atoms with E-state index in [2.05, 4.69) is 0 Å². The number of carbonyl (C=O) groups excluding carboxylic acids is 1. The largest absolute Gasteiger partial charge is 0.444 e. The molecule has 4 nitrogen and oxygen atoms in total. The fourth-order valence-electron chi connectivity index (χ4n) is 3.77. The van der Waals surface area contributed by atoms with E-state index in [1.165, 1.54) is 24.3 Å². The number of halogens is 4. The van der Waals surface area contributed by atoms with Crippen LogP contribution in [0.4, 0.5) is 28.0 Å². The first-order valence-corrected chi connectivity index (χ1v) is 10.6. The highest BCUT2D eigenvalue weighted by Gasteiger charge is 2.31. The van der Waals surface area contributed by atoms with Crippen molar-refractivity contribution >= 4 is 11.8 Å². The molecule has 8 heteroatoms. The van der Waals surface area contributed by atoms with Gasteiger partial charge in [-0.1, -0.05) is 18.2 Å². The van der Waals surface area contributed by atoms with E-state index in [0.717, 1.165) is 12.1 Å². The predicted octanol–water partition coefficient (Wildman–Crippen LogP) is 6.25. The summed E-state index contributed by atoms with van der Waals surface area (Å²) in [6.07, 6.45) is -3.49. The first kappa shape index (κ1) is 23.9. The molecular weight excluding hydrogens is 424 g/mol. The van der Waals surface area contributed by atoms with Crippen molar-refractivity contribution in [3.63, 3.8) is 0 Å². The molecule has 1 aliphatic rings. The van der Waals surface area contributed by atoms with Crippen molar-refractivity contribution in [3.05, 3.63) is 65.5 Å². The summed E-state index contributed by atoms with van der Waals surface area (Å²) >= 11 is 0. The summed E-state index contributed by atoms with van der Waals surface area (Å²) in [6, 6.07) is 11.2. The van der Waals surface area contributed by atoms with E-state index in [0.29, 0.717) is 43.7 Å². The maximum absolute atomic E-state index is 13.9. The molecule has 0 saturated carbocycles. The zero-order chi connectivity index (χ0) is 23.5. The molecule has 0 radical (unpaired) electrons. The first-order chi connectivity index (χ1) is 14.9. The molecule has 0 bridgehead atoms. The van der Waals surface area contributed by atoms with E-state index in [-0.39, 0.29) is 18.0 Å². The molecule has 1 fully saturated rings. The zero-order valence-electron chi connectivity index (χ0n) is 18.5. The Kier molecular flexibility index (Phi) is 7.00. The van der Waals surface area contributed by atoms with Crippen molar-refractivity contribution in [1.82, 2.24) is 4.90 Å². The lowest BCUT2D eigenvalue weighted by Crippen LogP contribution is -2.48. The van der Waals surface area contributed by atoms with Crippen LogP contribution in [0.5, 0.6) is 0 Å². The van der Waals surface area contributed by atoms with E-state index in [1.54, 1.807) is 17.0 Å². The number of hydrogen-bond acceptors (Lipinski definition) is 3. The molecule has 174 valence electrons. The van der Waals surface area contributed by atoms with Crippen molar-refractivity contribution in [2.24, 2.45) is 0 Å². The molecular formula is C24H28F4N2O2. The van der Waals surface area contributed by atoms with E-state index >= 15 is 0 Å². The van der Waals surface area contributed by atoms with Crippen LogP contribution >= 0.6 is 0 Å². The number of anilines is 1.